The minimum Gasteiger partial charge on any atom is -0.320 e. The molecule has 102 valence electrons. The molecule has 7 heteroatoms. The summed E-state index contributed by atoms with van der Waals surface area (Å²) in [6.07, 6.45) is 0. The van der Waals surface area contributed by atoms with E-state index in [1.807, 2.05) is 6.07 Å². The Kier molecular flexibility index (Phi) is 4.56. The fourth-order valence-corrected chi connectivity index (χ4v) is 2.25. The van der Waals surface area contributed by atoms with Crippen molar-refractivity contribution >= 4 is 51.5 Å². The number of benzene rings is 2. The maximum absolute atomic E-state index is 12.1. The van der Waals surface area contributed by atoms with E-state index < -0.39 is 4.92 Å². The number of nitro groups is 1. The van der Waals surface area contributed by atoms with Crippen LogP contribution in [0.5, 0.6) is 0 Å². The third-order valence-corrected chi connectivity index (χ3v) is 3.50. The summed E-state index contributed by atoms with van der Waals surface area (Å²) in [5.74, 6) is -0.370. The van der Waals surface area contributed by atoms with Crippen molar-refractivity contribution < 1.29 is 9.72 Å². The number of rotatable bonds is 3. The summed E-state index contributed by atoms with van der Waals surface area (Å²) in [4.78, 5) is 22.2. The molecule has 2 aromatic rings. The van der Waals surface area contributed by atoms with Crippen molar-refractivity contribution in [2.45, 2.75) is 0 Å². The third-order valence-electron chi connectivity index (χ3n) is 2.50. The van der Waals surface area contributed by atoms with Crippen LogP contribution < -0.4 is 5.32 Å². The second-order valence-corrected chi connectivity index (χ2v) is 5.54. The minimum absolute atomic E-state index is 0.132. The Hall–Kier alpha value is -1.67. The van der Waals surface area contributed by atoms with Gasteiger partial charge in [-0.3, -0.25) is 14.9 Å². The molecule has 0 atom stereocenters. The lowest BCUT2D eigenvalue weighted by atomic mass is 10.2. The molecule has 0 saturated heterocycles. The molecular weight excluding hydrogens is 395 g/mol. The van der Waals surface area contributed by atoms with Crippen LogP contribution in [-0.2, 0) is 0 Å². The van der Waals surface area contributed by atoms with Crippen LogP contribution in [0.1, 0.15) is 10.4 Å². The van der Waals surface area contributed by atoms with Crippen molar-refractivity contribution in [1.29, 1.82) is 0 Å². The Morgan fingerprint density at radius 1 is 1.25 bits per heavy atom. The van der Waals surface area contributed by atoms with Crippen LogP contribution in [0.3, 0.4) is 0 Å². The fourth-order valence-electron chi connectivity index (χ4n) is 1.55. The summed E-state index contributed by atoms with van der Waals surface area (Å²) in [5, 5.41) is 13.5. The highest BCUT2D eigenvalue weighted by Crippen LogP contribution is 2.27. The predicted molar refractivity (Wildman–Crippen MR) is 85.2 cm³/mol. The lowest BCUT2D eigenvalue weighted by Gasteiger charge is -2.07. The normalized spacial score (nSPS) is 10.1. The molecular formula is C13H8ClIN2O3. The van der Waals surface area contributed by atoms with Crippen LogP contribution in [0.2, 0.25) is 5.02 Å². The van der Waals surface area contributed by atoms with Crippen molar-refractivity contribution in [3.8, 4) is 0 Å². The first kappa shape index (κ1) is 14.7. The van der Waals surface area contributed by atoms with E-state index in [4.69, 9.17) is 11.6 Å². The molecule has 0 aromatic heterocycles. The molecule has 2 aromatic carbocycles. The van der Waals surface area contributed by atoms with Gasteiger partial charge in [0.25, 0.3) is 11.6 Å². The molecule has 0 aliphatic carbocycles. The maximum Gasteiger partial charge on any atom is 0.271 e. The van der Waals surface area contributed by atoms with Crippen molar-refractivity contribution in [3.05, 3.63) is 66.7 Å². The maximum atomic E-state index is 12.1. The van der Waals surface area contributed by atoms with Gasteiger partial charge in [0.05, 0.1) is 15.6 Å². The molecule has 1 amide bonds. The first-order valence-corrected chi connectivity index (χ1v) is 6.94. The zero-order valence-corrected chi connectivity index (χ0v) is 12.9. The average Bonchev–Trinajstić information content (AvgIpc) is 2.41. The van der Waals surface area contributed by atoms with Gasteiger partial charge < -0.3 is 5.32 Å². The fraction of sp³-hybridized carbons (Fsp3) is 0. The van der Waals surface area contributed by atoms with Crippen LogP contribution in [0.4, 0.5) is 11.4 Å². The number of hydrogen-bond donors (Lipinski definition) is 1. The molecule has 0 bridgehead atoms. The molecule has 2 rings (SSSR count). The van der Waals surface area contributed by atoms with Crippen LogP contribution >= 0.6 is 34.2 Å². The van der Waals surface area contributed by atoms with E-state index in [1.165, 1.54) is 18.2 Å². The highest BCUT2D eigenvalue weighted by atomic mass is 127. The number of nitro benzene ring substituents is 1. The zero-order chi connectivity index (χ0) is 14.7. The molecule has 0 unspecified atom stereocenters. The number of non-ortho nitro benzene ring substituents is 1. The summed E-state index contributed by atoms with van der Waals surface area (Å²) < 4.78 is 0.917. The SMILES string of the molecule is O=C(Nc1cc([N+](=O)[O-])ccc1Cl)c1cccc(I)c1. The Bertz CT molecular complexity index is 691. The molecule has 0 aliphatic heterocycles. The topological polar surface area (TPSA) is 72.2 Å². The molecule has 0 heterocycles. The average molecular weight is 403 g/mol. The second kappa shape index (κ2) is 6.19. The molecule has 0 aliphatic rings. The van der Waals surface area contributed by atoms with Crippen LogP contribution in [0.25, 0.3) is 0 Å². The standard InChI is InChI=1S/C13H8ClIN2O3/c14-11-5-4-10(17(19)20)7-12(11)16-13(18)8-2-1-3-9(15)6-8/h1-7H,(H,16,18). The number of nitrogens with zero attached hydrogens (tertiary/aromatic N) is 1. The first-order valence-electron chi connectivity index (χ1n) is 5.48. The molecule has 0 radical (unpaired) electrons. The van der Waals surface area contributed by atoms with Crippen molar-refractivity contribution in [1.82, 2.24) is 0 Å². The number of hydrogen-bond acceptors (Lipinski definition) is 3. The van der Waals surface area contributed by atoms with Crippen LogP contribution in [-0.4, -0.2) is 10.8 Å². The Morgan fingerprint density at radius 2 is 2.00 bits per heavy atom. The van der Waals surface area contributed by atoms with Gasteiger partial charge in [0, 0.05) is 21.3 Å². The summed E-state index contributed by atoms with van der Waals surface area (Å²) in [5.41, 5.74) is 0.538. The number of nitrogens with one attached hydrogen (secondary N) is 1. The smallest absolute Gasteiger partial charge is 0.271 e. The molecule has 0 spiro atoms. The lowest BCUT2D eigenvalue weighted by molar-refractivity contribution is -0.384. The molecule has 5 nitrogen and oxygen atoms in total. The third kappa shape index (κ3) is 3.45. The highest BCUT2D eigenvalue weighted by molar-refractivity contribution is 14.1. The van der Waals surface area contributed by atoms with Gasteiger partial charge in [-0.25, -0.2) is 0 Å². The quantitative estimate of drug-likeness (QED) is 0.477. The van der Waals surface area contributed by atoms with Crippen LogP contribution in [0, 0.1) is 13.7 Å². The number of carbonyl (C=O) groups excluding carboxylic acids is 1. The summed E-state index contributed by atoms with van der Waals surface area (Å²) in [6, 6.07) is 10.9. The number of amides is 1. The van der Waals surface area contributed by atoms with Gasteiger partial charge in [0.2, 0.25) is 0 Å². The van der Waals surface area contributed by atoms with Crippen molar-refractivity contribution in [3.63, 3.8) is 0 Å². The van der Waals surface area contributed by atoms with Gasteiger partial charge >= 0.3 is 0 Å². The number of carbonyl (C=O) groups is 1. The molecule has 20 heavy (non-hydrogen) atoms. The van der Waals surface area contributed by atoms with E-state index >= 15 is 0 Å². The van der Waals surface area contributed by atoms with E-state index in [0.29, 0.717) is 5.56 Å². The summed E-state index contributed by atoms with van der Waals surface area (Å²) in [6.45, 7) is 0. The van der Waals surface area contributed by atoms with Crippen LogP contribution in [0.15, 0.2) is 42.5 Å². The van der Waals surface area contributed by atoms with E-state index in [9.17, 15) is 14.9 Å². The largest absolute Gasteiger partial charge is 0.320 e. The second-order valence-electron chi connectivity index (χ2n) is 3.89. The highest BCUT2D eigenvalue weighted by Gasteiger charge is 2.13. The summed E-state index contributed by atoms with van der Waals surface area (Å²) in [7, 11) is 0. The Balaban J connectivity index is 2.27. The zero-order valence-electron chi connectivity index (χ0n) is 9.97. The van der Waals surface area contributed by atoms with E-state index in [1.54, 1.807) is 18.2 Å². The molecule has 1 N–H and O–H groups in total. The molecule has 0 fully saturated rings. The van der Waals surface area contributed by atoms with Gasteiger partial charge in [0.15, 0.2) is 0 Å². The monoisotopic (exact) mass is 402 g/mol. The van der Waals surface area contributed by atoms with Gasteiger partial charge in [0.1, 0.15) is 0 Å². The Labute approximate surface area is 133 Å². The Morgan fingerprint density at radius 3 is 2.65 bits per heavy atom. The number of halogens is 2. The predicted octanol–water partition coefficient (Wildman–Crippen LogP) is 4.11. The van der Waals surface area contributed by atoms with Gasteiger partial charge in [-0.05, 0) is 46.9 Å². The van der Waals surface area contributed by atoms with Gasteiger partial charge in [-0.1, -0.05) is 17.7 Å². The minimum atomic E-state index is -0.544. The van der Waals surface area contributed by atoms with Gasteiger partial charge in [-0.2, -0.15) is 0 Å². The number of anilines is 1. The van der Waals surface area contributed by atoms with E-state index in [-0.39, 0.29) is 22.3 Å². The van der Waals surface area contributed by atoms with Crippen molar-refractivity contribution in [2.75, 3.05) is 5.32 Å². The van der Waals surface area contributed by atoms with Gasteiger partial charge in [-0.15, -0.1) is 0 Å². The first-order chi connectivity index (χ1) is 9.47. The summed E-state index contributed by atoms with van der Waals surface area (Å²) >= 11 is 8.02. The van der Waals surface area contributed by atoms with E-state index in [0.717, 1.165) is 3.57 Å². The lowest BCUT2D eigenvalue weighted by Crippen LogP contribution is -2.12. The molecule has 0 saturated carbocycles. The van der Waals surface area contributed by atoms with Crippen molar-refractivity contribution in [2.24, 2.45) is 0 Å². The van der Waals surface area contributed by atoms with E-state index in [2.05, 4.69) is 27.9 Å².